The summed E-state index contributed by atoms with van der Waals surface area (Å²) in [6, 6.07) is 12.4. The van der Waals surface area contributed by atoms with Crippen LogP contribution >= 0.6 is 31.9 Å². The Labute approximate surface area is 134 Å². The van der Waals surface area contributed by atoms with E-state index in [1.165, 1.54) is 11.6 Å². The molecule has 0 aliphatic carbocycles. The SMILES string of the molecule is O=C(Nc1ccc(CCBr)cc1)c1ccc(Br)cc1O. The molecule has 3 nitrogen and oxygen atoms in total. The number of halogens is 2. The van der Waals surface area contributed by atoms with E-state index in [0.29, 0.717) is 5.69 Å². The molecule has 1 amide bonds. The maximum Gasteiger partial charge on any atom is 0.259 e. The normalized spacial score (nSPS) is 10.3. The molecular weight excluding hydrogens is 386 g/mol. The molecule has 0 atom stereocenters. The molecule has 0 fully saturated rings. The van der Waals surface area contributed by atoms with Crippen LogP contribution in [-0.4, -0.2) is 16.3 Å². The molecule has 0 radical (unpaired) electrons. The zero-order valence-corrected chi connectivity index (χ0v) is 13.7. The molecule has 0 saturated carbocycles. The number of alkyl halides is 1. The van der Waals surface area contributed by atoms with Crippen molar-refractivity contribution in [2.75, 3.05) is 10.6 Å². The number of benzene rings is 2. The first kappa shape index (κ1) is 15.1. The van der Waals surface area contributed by atoms with E-state index in [1.807, 2.05) is 24.3 Å². The lowest BCUT2D eigenvalue weighted by Gasteiger charge is -2.08. The van der Waals surface area contributed by atoms with Gasteiger partial charge in [0.1, 0.15) is 5.75 Å². The van der Waals surface area contributed by atoms with Crippen LogP contribution in [0, 0.1) is 0 Å². The highest BCUT2D eigenvalue weighted by molar-refractivity contribution is 9.10. The van der Waals surface area contributed by atoms with Crippen LogP contribution in [0.4, 0.5) is 5.69 Å². The Morgan fingerprint density at radius 1 is 1.15 bits per heavy atom. The van der Waals surface area contributed by atoms with E-state index in [9.17, 15) is 9.90 Å². The Morgan fingerprint density at radius 2 is 1.85 bits per heavy atom. The first-order valence-corrected chi connectivity index (χ1v) is 7.96. The second-order valence-corrected chi connectivity index (χ2v) is 5.96. The van der Waals surface area contributed by atoms with Gasteiger partial charge in [0.05, 0.1) is 5.56 Å². The molecule has 0 aliphatic rings. The summed E-state index contributed by atoms with van der Waals surface area (Å²) in [7, 11) is 0. The van der Waals surface area contributed by atoms with Gasteiger partial charge in [-0.05, 0) is 42.3 Å². The number of aryl methyl sites for hydroxylation is 1. The van der Waals surface area contributed by atoms with Crippen molar-refractivity contribution in [2.45, 2.75) is 6.42 Å². The minimum atomic E-state index is -0.330. The van der Waals surface area contributed by atoms with Crippen LogP contribution in [0.3, 0.4) is 0 Å². The molecule has 2 rings (SSSR count). The van der Waals surface area contributed by atoms with Crippen LogP contribution in [0.1, 0.15) is 15.9 Å². The third-order valence-corrected chi connectivity index (χ3v) is 3.69. The Bertz CT molecular complexity index is 612. The molecule has 0 aromatic heterocycles. The first-order chi connectivity index (χ1) is 9.60. The second kappa shape index (κ2) is 6.90. The summed E-state index contributed by atoms with van der Waals surface area (Å²) in [5.74, 6) is -0.379. The summed E-state index contributed by atoms with van der Waals surface area (Å²) in [4.78, 5) is 12.1. The van der Waals surface area contributed by atoms with Gasteiger partial charge in [0, 0.05) is 15.5 Å². The zero-order chi connectivity index (χ0) is 14.5. The number of rotatable bonds is 4. The third kappa shape index (κ3) is 3.84. The summed E-state index contributed by atoms with van der Waals surface area (Å²) < 4.78 is 0.727. The van der Waals surface area contributed by atoms with Crippen molar-refractivity contribution in [3.63, 3.8) is 0 Å². The molecule has 20 heavy (non-hydrogen) atoms. The molecule has 5 heteroatoms. The quantitative estimate of drug-likeness (QED) is 0.752. The van der Waals surface area contributed by atoms with Gasteiger partial charge in [-0.1, -0.05) is 44.0 Å². The van der Waals surface area contributed by atoms with Crippen molar-refractivity contribution in [3.8, 4) is 5.75 Å². The summed E-state index contributed by atoms with van der Waals surface area (Å²) in [6.45, 7) is 0. The number of nitrogens with one attached hydrogen (secondary N) is 1. The fraction of sp³-hybridized carbons (Fsp3) is 0.133. The molecule has 0 saturated heterocycles. The van der Waals surface area contributed by atoms with Crippen LogP contribution in [0.2, 0.25) is 0 Å². The van der Waals surface area contributed by atoms with Gasteiger partial charge < -0.3 is 10.4 Å². The lowest BCUT2D eigenvalue weighted by atomic mass is 10.1. The summed E-state index contributed by atoms with van der Waals surface area (Å²) in [6.07, 6.45) is 0.946. The van der Waals surface area contributed by atoms with Gasteiger partial charge in [-0.2, -0.15) is 0 Å². The predicted molar refractivity (Wildman–Crippen MR) is 87.7 cm³/mol. The number of phenolic OH excluding ortho intramolecular Hbond substituents is 1. The van der Waals surface area contributed by atoms with Gasteiger partial charge in [-0.3, -0.25) is 4.79 Å². The third-order valence-electron chi connectivity index (χ3n) is 2.80. The largest absolute Gasteiger partial charge is 0.507 e. The Morgan fingerprint density at radius 3 is 2.45 bits per heavy atom. The minimum Gasteiger partial charge on any atom is -0.507 e. The molecule has 2 aromatic rings. The molecular formula is C15H13Br2NO2. The van der Waals surface area contributed by atoms with E-state index >= 15 is 0 Å². The minimum absolute atomic E-state index is 0.0483. The van der Waals surface area contributed by atoms with E-state index in [1.54, 1.807) is 12.1 Å². The van der Waals surface area contributed by atoms with E-state index in [2.05, 4.69) is 37.2 Å². The average molecular weight is 399 g/mol. The van der Waals surface area contributed by atoms with E-state index in [4.69, 9.17) is 0 Å². The van der Waals surface area contributed by atoms with Gasteiger partial charge in [0.15, 0.2) is 0 Å². The highest BCUT2D eigenvalue weighted by atomic mass is 79.9. The summed E-state index contributed by atoms with van der Waals surface area (Å²) in [5, 5.41) is 13.4. The maximum atomic E-state index is 12.1. The molecule has 0 heterocycles. The van der Waals surface area contributed by atoms with E-state index in [0.717, 1.165) is 16.2 Å². The van der Waals surface area contributed by atoms with Gasteiger partial charge in [-0.15, -0.1) is 0 Å². The summed E-state index contributed by atoms with van der Waals surface area (Å²) >= 11 is 6.63. The number of amides is 1. The fourth-order valence-corrected chi connectivity index (χ4v) is 2.57. The van der Waals surface area contributed by atoms with Crippen LogP contribution in [-0.2, 0) is 6.42 Å². The van der Waals surface area contributed by atoms with Crippen LogP contribution in [0.5, 0.6) is 5.75 Å². The maximum absolute atomic E-state index is 12.1. The lowest BCUT2D eigenvalue weighted by molar-refractivity contribution is 0.102. The zero-order valence-electron chi connectivity index (χ0n) is 10.6. The molecule has 0 bridgehead atoms. The van der Waals surface area contributed by atoms with Gasteiger partial charge >= 0.3 is 0 Å². The smallest absolute Gasteiger partial charge is 0.259 e. The summed E-state index contributed by atoms with van der Waals surface area (Å²) in [5.41, 5.74) is 2.15. The highest BCUT2D eigenvalue weighted by Gasteiger charge is 2.11. The number of aromatic hydroxyl groups is 1. The first-order valence-electron chi connectivity index (χ1n) is 6.05. The number of hydrogen-bond acceptors (Lipinski definition) is 2. The molecule has 104 valence electrons. The van der Waals surface area contributed by atoms with Crippen molar-refractivity contribution < 1.29 is 9.90 Å². The van der Waals surface area contributed by atoms with Crippen molar-refractivity contribution in [3.05, 3.63) is 58.1 Å². The number of phenols is 1. The molecule has 0 unspecified atom stereocenters. The van der Waals surface area contributed by atoms with Gasteiger partial charge in [0.25, 0.3) is 5.91 Å². The standard InChI is InChI=1S/C15H13Br2NO2/c16-8-7-10-1-4-12(5-2-10)18-15(20)13-6-3-11(17)9-14(13)19/h1-6,9,19H,7-8H2,(H,18,20). The lowest BCUT2D eigenvalue weighted by Crippen LogP contribution is -2.12. The molecule has 2 N–H and O–H groups in total. The Hall–Kier alpha value is -1.33. The predicted octanol–water partition coefficient (Wildman–Crippen LogP) is 4.34. The van der Waals surface area contributed by atoms with E-state index in [-0.39, 0.29) is 17.2 Å². The van der Waals surface area contributed by atoms with Crippen molar-refractivity contribution >= 4 is 43.5 Å². The molecule has 0 spiro atoms. The van der Waals surface area contributed by atoms with Crippen LogP contribution in [0.15, 0.2) is 46.9 Å². The highest BCUT2D eigenvalue weighted by Crippen LogP contribution is 2.23. The average Bonchev–Trinajstić information content (AvgIpc) is 2.41. The van der Waals surface area contributed by atoms with Gasteiger partial charge in [-0.25, -0.2) is 0 Å². The monoisotopic (exact) mass is 397 g/mol. The van der Waals surface area contributed by atoms with E-state index < -0.39 is 0 Å². The Balaban J connectivity index is 2.11. The second-order valence-electron chi connectivity index (χ2n) is 4.25. The Kier molecular flexibility index (Phi) is 5.20. The fourth-order valence-electron chi connectivity index (χ4n) is 1.76. The van der Waals surface area contributed by atoms with Crippen molar-refractivity contribution in [2.24, 2.45) is 0 Å². The van der Waals surface area contributed by atoms with Crippen LogP contribution < -0.4 is 5.32 Å². The van der Waals surface area contributed by atoms with Crippen LogP contribution in [0.25, 0.3) is 0 Å². The number of hydrogen-bond donors (Lipinski definition) is 2. The van der Waals surface area contributed by atoms with Gasteiger partial charge in [0.2, 0.25) is 0 Å². The topological polar surface area (TPSA) is 49.3 Å². The van der Waals surface area contributed by atoms with Crippen molar-refractivity contribution in [1.29, 1.82) is 0 Å². The molecule has 2 aromatic carbocycles. The molecule has 0 aliphatic heterocycles. The number of carbonyl (C=O) groups is 1. The van der Waals surface area contributed by atoms with Crippen molar-refractivity contribution in [1.82, 2.24) is 0 Å². The number of carbonyl (C=O) groups excluding carboxylic acids is 1. The number of anilines is 1.